The van der Waals surface area contributed by atoms with E-state index >= 15 is 0 Å². The van der Waals surface area contributed by atoms with E-state index in [2.05, 4.69) is 32.7 Å². The van der Waals surface area contributed by atoms with Crippen molar-refractivity contribution in [2.75, 3.05) is 0 Å². The van der Waals surface area contributed by atoms with Gasteiger partial charge in [0.25, 0.3) is 0 Å². The predicted octanol–water partition coefficient (Wildman–Crippen LogP) is 2.46. The van der Waals surface area contributed by atoms with Crippen molar-refractivity contribution in [3.05, 3.63) is 35.4 Å². The Hall–Kier alpha value is -1.25. The lowest BCUT2D eigenvalue weighted by molar-refractivity contribution is 1.25. The lowest BCUT2D eigenvalue weighted by Crippen LogP contribution is -1.86. The number of nitrogens with zero attached hydrogens (tertiary/aromatic N) is 1. The SMILES string of the molecule is N#CCc1ccccc1C#CBr. The molecule has 0 fully saturated rings. The highest BCUT2D eigenvalue weighted by molar-refractivity contribution is 9.12. The van der Waals surface area contributed by atoms with Crippen LogP contribution in [0.5, 0.6) is 0 Å². The maximum atomic E-state index is 8.50. The molecule has 12 heavy (non-hydrogen) atoms. The minimum atomic E-state index is 0.415. The maximum absolute atomic E-state index is 8.50. The van der Waals surface area contributed by atoms with Gasteiger partial charge in [0, 0.05) is 21.5 Å². The van der Waals surface area contributed by atoms with Crippen LogP contribution >= 0.6 is 15.9 Å². The van der Waals surface area contributed by atoms with Crippen molar-refractivity contribution < 1.29 is 0 Å². The third-order valence-electron chi connectivity index (χ3n) is 1.47. The van der Waals surface area contributed by atoms with Crippen molar-refractivity contribution in [1.82, 2.24) is 0 Å². The Kier molecular flexibility index (Phi) is 3.38. The zero-order valence-corrected chi connectivity index (χ0v) is 7.93. The van der Waals surface area contributed by atoms with Crippen LogP contribution in [0.1, 0.15) is 11.1 Å². The van der Waals surface area contributed by atoms with Crippen LogP contribution in [0.15, 0.2) is 24.3 Å². The van der Waals surface area contributed by atoms with Crippen LogP contribution in [-0.4, -0.2) is 0 Å². The second-order valence-electron chi connectivity index (χ2n) is 2.21. The third-order valence-corrected chi connectivity index (χ3v) is 1.67. The smallest absolute Gasteiger partial charge is 0.0670 e. The van der Waals surface area contributed by atoms with E-state index in [0.29, 0.717) is 6.42 Å². The van der Waals surface area contributed by atoms with Gasteiger partial charge in [-0.3, -0.25) is 0 Å². The van der Waals surface area contributed by atoms with Gasteiger partial charge < -0.3 is 0 Å². The normalized spacial score (nSPS) is 8.00. The molecular weight excluding hydrogens is 214 g/mol. The first-order chi connectivity index (χ1) is 5.88. The molecule has 2 heteroatoms. The Labute approximate surface area is 80.2 Å². The second-order valence-corrected chi connectivity index (χ2v) is 2.61. The van der Waals surface area contributed by atoms with Gasteiger partial charge in [-0.1, -0.05) is 24.1 Å². The molecule has 0 unspecified atom stereocenters. The molecule has 0 spiro atoms. The zero-order valence-electron chi connectivity index (χ0n) is 6.34. The number of hydrogen-bond acceptors (Lipinski definition) is 1. The molecule has 0 aromatic heterocycles. The van der Waals surface area contributed by atoms with Crippen molar-refractivity contribution in [2.45, 2.75) is 6.42 Å². The molecule has 1 rings (SSSR count). The van der Waals surface area contributed by atoms with E-state index in [9.17, 15) is 0 Å². The summed E-state index contributed by atoms with van der Waals surface area (Å²) in [6.07, 6.45) is 0.415. The van der Waals surface area contributed by atoms with Gasteiger partial charge in [0.1, 0.15) is 0 Å². The molecule has 0 bridgehead atoms. The van der Waals surface area contributed by atoms with Crippen LogP contribution in [0, 0.1) is 22.1 Å². The second kappa shape index (κ2) is 4.59. The van der Waals surface area contributed by atoms with E-state index in [-0.39, 0.29) is 0 Å². The van der Waals surface area contributed by atoms with Crippen LogP contribution in [0.4, 0.5) is 0 Å². The fraction of sp³-hybridized carbons (Fsp3) is 0.100. The Morgan fingerprint density at radius 2 is 2.08 bits per heavy atom. The minimum absolute atomic E-state index is 0.415. The standard InChI is InChI=1S/C10H6BrN/c11-7-5-9-3-1-2-4-10(9)6-8-12/h1-4H,6H2. The van der Waals surface area contributed by atoms with E-state index in [1.165, 1.54) is 0 Å². The number of nitriles is 1. The molecule has 0 aliphatic heterocycles. The summed E-state index contributed by atoms with van der Waals surface area (Å²) in [6, 6.07) is 9.74. The number of rotatable bonds is 1. The van der Waals surface area contributed by atoms with Gasteiger partial charge in [-0.05, 0) is 16.5 Å². The molecule has 1 aromatic rings. The van der Waals surface area contributed by atoms with Gasteiger partial charge in [-0.25, -0.2) is 0 Å². The topological polar surface area (TPSA) is 23.8 Å². The van der Waals surface area contributed by atoms with Crippen LogP contribution in [-0.2, 0) is 6.42 Å². The molecule has 0 radical (unpaired) electrons. The van der Waals surface area contributed by atoms with Gasteiger partial charge in [-0.2, -0.15) is 5.26 Å². The highest BCUT2D eigenvalue weighted by Crippen LogP contribution is 2.07. The van der Waals surface area contributed by atoms with E-state index in [4.69, 9.17) is 5.26 Å². The summed E-state index contributed by atoms with van der Waals surface area (Å²) in [5.41, 5.74) is 1.89. The highest BCUT2D eigenvalue weighted by Gasteiger charge is 1.96. The fourth-order valence-electron chi connectivity index (χ4n) is 0.932. The van der Waals surface area contributed by atoms with E-state index < -0.39 is 0 Å². The molecule has 0 aliphatic carbocycles. The molecule has 0 atom stereocenters. The lowest BCUT2D eigenvalue weighted by atomic mass is 10.1. The average Bonchev–Trinajstić information content (AvgIpc) is 2.09. The molecule has 1 aromatic carbocycles. The monoisotopic (exact) mass is 219 g/mol. The Bertz CT molecular complexity index is 365. The largest absolute Gasteiger partial charge is 0.198 e. The van der Waals surface area contributed by atoms with Crippen molar-refractivity contribution in [2.24, 2.45) is 0 Å². The molecular formula is C10H6BrN. The minimum Gasteiger partial charge on any atom is -0.198 e. The van der Waals surface area contributed by atoms with Crippen molar-refractivity contribution in [3.63, 3.8) is 0 Å². The molecule has 0 aliphatic rings. The van der Waals surface area contributed by atoms with Crippen LogP contribution in [0.2, 0.25) is 0 Å². The summed E-state index contributed by atoms with van der Waals surface area (Å²) in [5.74, 6) is 2.88. The lowest BCUT2D eigenvalue weighted by Gasteiger charge is -1.96. The molecule has 58 valence electrons. The van der Waals surface area contributed by atoms with Gasteiger partial charge in [0.15, 0.2) is 0 Å². The first-order valence-electron chi connectivity index (χ1n) is 3.45. The molecule has 1 nitrogen and oxygen atoms in total. The van der Waals surface area contributed by atoms with Crippen molar-refractivity contribution >= 4 is 15.9 Å². The van der Waals surface area contributed by atoms with E-state index in [1.54, 1.807) is 0 Å². The van der Waals surface area contributed by atoms with Gasteiger partial charge in [0.05, 0.1) is 12.5 Å². The molecule has 0 N–H and O–H groups in total. The van der Waals surface area contributed by atoms with Crippen LogP contribution in [0.25, 0.3) is 0 Å². The Balaban J connectivity index is 3.07. The van der Waals surface area contributed by atoms with Gasteiger partial charge >= 0.3 is 0 Å². The molecule has 0 heterocycles. The van der Waals surface area contributed by atoms with E-state index in [1.807, 2.05) is 24.3 Å². The van der Waals surface area contributed by atoms with Gasteiger partial charge in [0.2, 0.25) is 0 Å². The molecule has 0 amide bonds. The Morgan fingerprint density at radius 3 is 2.75 bits per heavy atom. The number of benzene rings is 1. The first kappa shape index (κ1) is 8.84. The quantitative estimate of drug-likeness (QED) is 0.667. The third kappa shape index (κ3) is 2.12. The summed E-state index contributed by atoms with van der Waals surface area (Å²) >= 11 is 3.03. The predicted molar refractivity (Wildman–Crippen MR) is 51.6 cm³/mol. The zero-order chi connectivity index (χ0) is 8.81. The van der Waals surface area contributed by atoms with Crippen molar-refractivity contribution in [1.29, 1.82) is 5.26 Å². The summed E-state index contributed by atoms with van der Waals surface area (Å²) < 4.78 is 0. The van der Waals surface area contributed by atoms with Gasteiger partial charge in [-0.15, -0.1) is 0 Å². The van der Waals surface area contributed by atoms with Crippen LogP contribution in [0.3, 0.4) is 0 Å². The molecule has 0 saturated carbocycles. The summed E-state index contributed by atoms with van der Waals surface area (Å²) in [7, 11) is 0. The van der Waals surface area contributed by atoms with Crippen LogP contribution < -0.4 is 0 Å². The summed E-state index contributed by atoms with van der Waals surface area (Å²) in [4.78, 5) is 2.64. The first-order valence-corrected chi connectivity index (χ1v) is 4.24. The summed E-state index contributed by atoms with van der Waals surface area (Å²) in [5, 5.41) is 8.50. The maximum Gasteiger partial charge on any atom is 0.0670 e. The number of halogens is 1. The fourth-order valence-corrected chi connectivity index (χ4v) is 1.15. The number of hydrogen-bond donors (Lipinski definition) is 0. The average molecular weight is 220 g/mol. The summed E-state index contributed by atoms with van der Waals surface area (Å²) in [6.45, 7) is 0. The van der Waals surface area contributed by atoms with E-state index in [0.717, 1.165) is 11.1 Å². The Morgan fingerprint density at radius 1 is 1.33 bits per heavy atom. The highest BCUT2D eigenvalue weighted by atomic mass is 79.9. The molecule has 0 saturated heterocycles. The van der Waals surface area contributed by atoms with Crippen molar-refractivity contribution in [3.8, 4) is 16.8 Å².